The molecule has 1 fully saturated rings. The number of carbonyl (C=O) groups is 1. The SMILES string of the molecule is C[C@H]1S[C@@H](c2ccc(F)cc2)NC1=O. The van der Waals surface area contributed by atoms with E-state index < -0.39 is 0 Å². The summed E-state index contributed by atoms with van der Waals surface area (Å²) in [5, 5.41) is 2.79. The molecule has 2 nitrogen and oxygen atoms in total. The maximum atomic E-state index is 12.6. The Labute approximate surface area is 85.9 Å². The quantitative estimate of drug-likeness (QED) is 0.770. The van der Waals surface area contributed by atoms with Crippen molar-refractivity contribution in [3.05, 3.63) is 35.6 Å². The number of amides is 1. The maximum absolute atomic E-state index is 12.6. The lowest BCUT2D eigenvalue weighted by molar-refractivity contribution is -0.119. The van der Waals surface area contributed by atoms with Gasteiger partial charge in [-0.05, 0) is 24.6 Å². The van der Waals surface area contributed by atoms with Crippen molar-refractivity contribution in [2.75, 3.05) is 0 Å². The second-order valence-corrected chi connectivity index (χ2v) is 4.67. The molecular weight excluding hydrogens is 201 g/mol. The molecule has 1 amide bonds. The van der Waals surface area contributed by atoms with E-state index in [9.17, 15) is 9.18 Å². The van der Waals surface area contributed by atoms with Crippen molar-refractivity contribution in [3.63, 3.8) is 0 Å². The molecule has 1 aromatic rings. The highest BCUT2D eigenvalue weighted by molar-refractivity contribution is 8.01. The topological polar surface area (TPSA) is 29.1 Å². The van der Waals surface area contributed by atoms with Gasteiger partial charge in [0.2, 0.25) is 5.91 Å². The van der Waals surface area contributed by atoms with Crippen LogP contribution in [0.2, 0.25) is 0 Å². The molecule has 2 rings (SSSR count). The van der Waals surface area contributed by atoms with Gasteiger partial charge in [-0.1, -0.05) is 12.1 Å². The van der Waals surface area contributed by atoms with E-state index in [0.717, 1.165) is 5.56 Å². The predicted octanol–water partition coefficient (Wildman–Crippen LogP) is 2.08. The first-order valence-corrected chi connectivity index (χ1v) is 5.32. The third-order valence-corrected chi connectivity index (χ3v) is 3.44. The maximum Gasteiger partial charge on any atom is 0.234 e. The number of carbonyl (C=O) groups excluding carboxylic acids is 1. The van der Waals surface area contributed by atoms with E-state index in [2.05, 4.69) is 5.32 Å². The van der Waals surface area contributed by atoms with Gasteiger partial charge in [0.25, 0.3) is 0 Å². The summed E-state index contributed by atoms with van der Waals surface area (Å²) in [5.74, 6) is -0.208. The largest absolute Gasteiger partial charge is 0.339 e. The molecule has 2 atom stereocenters. The van der Waals surface area contributed by atoms with Crippen molar-refractivity contribution in [1.29, 1.82) is 0 Å². The van der Waals surface area contributed by atoms with Gasteiger partial charge >= 0.3 is 0 Å². The molecular formula is C10H10FNOS. The summed E-state index contributed by atoms with van der Waals surface area (Å²) in [6.45, 7) is 1.86. The highest BCUT2D eigenvalue weighted by atomic mass is 32.2. The van der Waals surface area contributed by atoms with Gasteiger partial charge in [-0.3, -0.25) is 4.79 Å². The van der Waals surface area contributed by atoms with Gasteiger partial charge in [-0.15, -0.1) is 11.8 Å². The molecule has 1 aliphatic heterocycles. The lowest BCUT2D eigenvalue weighted by Crippen LogP contribution is -2.22. The van der Waals surface area contributed by atoms with Crippen LogP contribution in [0.15, 0.2) is 24.3 Å². The van der Waals surface area contributed by atoms with Crippen LogP contribution in [0.3, 0.4) is 0 Å². The molecule has 0 radical (unpaired) electrons. The molecule has 0 unspecified atom stereocenters. The van der Waals surface area contributed by atoms with Crippen LogP contribution in [-0.2, 0) is 4.79 Å². The molecule has 74 valence electrons. The number of halogens is 1. The van der Waals surface area contributed by atoms with Crippen molar-refractivity contribution in [2.24, 2.45) is 0 Å². The zero-order valence-corrected chi connectivity index (χ0v) is 8.48. The molecule has 0 aromatic heterocycles. The van der Waals surface area contributed by atoms with E-state index in [-0.39, 0.29) is 22.3 Å². The van der Waals surface area contributed by atoms with Crippen LogP contribution in [0.5, 0.6) is 0 Å². The molecule has 1 saturated heterocycles. The van der Waals surface area contributed by atoms with Gasteiger partial charge in [0.15, 0.2) is 0 Å². The second kappa shape index (κ2) is 3.61. The van der Waals surface area contributed by atoms with Gasteiger partial charge in [-0.25, -0.2) is 4.39 Å². The van der Waals surface area contributed by atoms with E-state index in [1.807, 2.05) is 6.92 Å². The van der Waals surface area contributed by atoms with Crippen LogP contribution in [0, 0.1) is 5.82 Å². The summed E-state index contributed by atoms with van der Waals surface area (Å²) in [6, 6.07) is 6.21. The Balaban J connectivity index is 2.17. The number of benzene rings is 1. The van der Waals surface area contributed by atoms with Crippen LogP contribution in [-0.4, -0.2) is 11.2 Å². The van der Waals surface area contributed by atoms with Crippen molar-refractivity contribution < 1.29 is 9.18 Å². The number of rotatable bonds is 1. The number of hydrogen-bond acceptors (Lipinski definition) is 2. The summed E-state index contributed by atoms with van der Waals surface area (Å²) in [6.07, 6.45) is 0. The molecule has 1 heterocycles. The van der Waals surface area contributed by atoms with Crippen LogP contribution < -0.4 is 5.32 Å². The minimum absolute atomic E-state index is 0.0231. The minimum Gasteiger partial charge on any atom is -0.339 e. The van der Waals surface area contributed by atoms with Crippen LogP contribution in [0.1, 0.15) is 17.9 Å². The fourth-order valence-electron chi connectivity index (χ4n) is 1.35. The summed E-state index contributed by atoms with van der Waals surface area (Å²) in [5.41, 5.74) is 0.939. The standard InChI is InChI=1S/C10H10FNOS/c1-6-9(13)12-10(14-6)7-2-4-8(11)5-3-7/h2-6,10H,1H3,(H,12,13)/t6-,10+/m1/s1. The minimum atomic E-state index is -0.254. The van der Waals surface area contributed by atoms with E-state index >= 15 is 0 Å². The molecule has 1 N–H and O–H groups in total. The Morgan fingerprint density at radius 1 is 1.36 bits per heavy atom. The molecule has 14 heavy (non-hydrogen) atoms. The molecule has 1 aliphatic rings. The lowest BCUT2D eigenvalue weighted by Gasteiger charge is -2.08. The first kappa shape index (κ1) is 9.52. The Morgan fingerprint density at radius 3 is 2.50 bits per heavy atom. The fraction of sp³-hybridized carbons (Fsp3) is 0.300. The number of hydrogen-bond donors (Lipinski definition) is 1. The molecule has 4 heteroatoms. The monoisotopic (exact) mass is 211 g/mol. The normalized spacial score (nSPS) is 26.3. The van der Waals surface area contributed by atoms with Gasteiger partial charge < -0.3 is 5.32 Å². The second-order valence-electron chi connectivity index (χ2n) is 3.22. The van der Waals surface area contributed by atoms with Crippen LogP contribution in [0.4, 0.5) is 4.39 Å². The van der Waals surface area contributed by atoms with Crippen molar-refractivity contribution in [3.8, 4) is 0 Å². The van der Waals surface area contributed by atoms with E-state index in [4.69, 9.17) is 0 Å². The average Bonchev–Trinajstić information content (AvgIpc) is 2.48. The Hall–Kier alpha value is -1.03. The van der Waals surface area contributed by atoms with E-state index in [0.29, 0.717) is 0 Å². The number of nitrogens with one attached hydrogen (secondary N) is 1. The van der Waals surface area contributed by atoms with Crippen molar-refractivity contribution in [2.45, 2.75) is 17.5 Å². The zero-order chi connectivity index (χ0) is 10.1. The smallest absolute Gasteiger partial charge is 0.234 e. The van der Waals surface area contributed by atoms with Gasteiger partial charge in [0.05, 0.1) is 5.25 Å². The van der Waals surface area contributed by atoms with Gasteiger partial charge in [0, 0.05) is 0 Å². The first-order valence-electron chi connectivity index (χ1n) is 4.38. The first-order chi connectivity index (χ1) is 6.66. The van der Waals surface area contributed by atoms with E-state index in [1.54, 1.807) is 23.9 Å². The van der Waals surface area contributed by atoms with Crippen molar-refractivity contribution >= 4 is 17.7 Å². The molecule has 1 aromatic carbocycles. The van der Waals surface area contributed by atoms with Gasteiger partial charge in [0.1, 0.15) is 11.2 Å². The summed E-state index contributed by atoms with van der Waals surface area (Å²) < 4.78 is 12.6. The molecule has 0 bridgehead atoms. The van der Waals surface area contributed by atoms with Crippen LogP contribution in [0.25, 0.3) is 0 Å². The molecule has 0 aliphatic carbocycles. The fourth-order valence-corrected chi connectivity index (χ4v) is 2.44. The molecule has 0 spiro atoms. The highest BCUT2D eigenvalue weighted by Gasteiger charge is 2.29. The molecule has 0 saturated carbocycles. The van der Waals surface area contributed by atoms with Gasteiger partial charge in [-0.2, -0.15) is 0 Å². The Kier molecular flexibility index (Phi) is 2.46. The summed E-state index contributed by atoms with van der Waals surface area (Å²) in [7, 11) is 0. The van der Waals surface area contributed by atoms with Crippen molar-refractivity contribution in [1.82, 2.24) is 5.32 Å². The third kappa shape index (κ3) is 1.75. The Morgan fingerprint density at radius 2 is 2.00 bits per heavy atom. The summed E-state index contributed by atoms with van der Waals surface area (Å²) in [4.78, 5) is 11.2. The van der Waals surface area contributed by atoms with Crippen LogP contribution >= 0.6 is 11.8 Å². The number of thioether (sulfide) groups is 1. The Bertz CT molecular complexity index is 352. The summed E-state index contributed by atoms with van der Waals surface area (Å²) >= 11 is 1.55. The highest BCUT2D eigenvalue weighted by Crippen LogP contribution is 2.35. The zero-order valence-electron chi connectivity index (χ0n) is 7.66. The predicted molar refractivity (Wildman–Crippen MR) is 54.3 cm³/mol. The van der Waals surface area contributed by atoms with E-state index in [1.165, 1.54) is 12.1 Å². The third-order valence-electron chi connectivity index (χ3n) is 2.16. The lowest BCUT2D eigenvalue weighted by atomic mass is 10.2. The average molecular weight is 211 g/mol.